The highest BCUT2D eigenvalue weighted by Crippen LogP contribution is 2.30. The van der Waals surface area contributed by atoms with Gasteiger partial charge in [-0.3, -0.25) is 9.47 Å². The van der Waals surface area contributed by atoms with Crippen LogP contribution in [0.4, 0.5) is 0 Å². The van der Waals surface area contributed by atoms with E-state index in [1.54, 1.807) is 18.6 Å². The molecule has 0 amide bonds. The fourth-order valence-corrected chi connectivity index (χ4v) is 4.72. The minimum Gasteiger partial charge on any atom is -0.457 e. The lowest BCUT2D eigenvalue weighted by Gasteiger charge is -2.30. The van der Waals surface area contributed by atoms with Crippen molar-refractivity contribution >= 4 is 17.1 Å². The Morgan fingerprint density at radius 3 is 3.03 bits per heavy atom. The summed E-state index contributed by atoms with van der Waals surface area (Å²) in [6, 6.07) is 7.41. The lowest BCUT2D eigenvalue weighted by molar-refractivity contribution is 0.0535. The molecule has 33 heavy (non-hydrogen) atoms. The number of aliphatic hydroxyl groups is 1. The van der Waals surface area contributed by atoms with Gasteiger partial charge in [-0.25, -0.2) is 24.7 Å². The summed E-state index contributed by atoms with van der Waals surface area (Å²) in [5, 5.41) is 11.0. The Morgan fingerprint density at radius 2 is 2.12 bits per heavy atom. The third-order valence-electron chi connectivity index (χ3n) is 6.53. The van der Waals surface area contributed by atoms with Crippen molar-refractivity contribution in [3.8, 4) is 5.95 Å². The number of rotatable bonds is 4. The minimum absolute atomic E-state index is 0.277. The smallest absolute Gasteiger partial charge is 0.338 e. The monoisotopic (exact) mass is 442 g/mol. The van der Waals surface area contributed by atoms with Crippen LogP contribution in [0.25, 0.3) is 17.1 Å². The molecule has 5 heterocycles. The maximum atomic E-state index is 11.8. The maximum absolute atomic E-state index is 11.8. The standard InChI is InChI=1S/C24H22N6O3/c1-14-16(4-5-17-18(14)12-33-23(17)32)21(31)11-29-8-6-19-15(10-29)9-26-24(28-19)30-13-27-22-20(30)3-2-7-25-22/h2-5,7,9,13,21,31H,6,8,10-12H2,1H3. The van der Waals surface area contributed by atoms with Gasteiger partial charge in [0.2, 0.25) is 5.95 Å². The molecule has 2 aliphatic rings. The quantitative estimate of drug-likeness (QED) is 0.480. The second-order valence-electron chi connectivity index (χ2n) is 8.49. The molecule has 0 saturated heterocycles. The molecule has 6 rings (SSSR count). The summed E-state index contributed by atoms with van der Waals surface area (Å²) in [6.45, 7) is 4.17. The summed E-state index contributed by atoms with van der Waals surface area (Å²) < 4.78 is 6.99. The molecule has 9 heteroatoms. The molecule has 9 nitrogen and oxygen atoms in total. The van der Waals surface area contributed by atoms with E-state index in [2.05, 4.69) is 19.9 Å². The zero-order valence-electron chi connectivity index (χ0n) is 18.1. The number of cyclic esters (lactones) is 1. The van der Waals surface area contributed by atoms with E-state index in [0.29, 0.717) is 30.2 Å². The number of carbonyl (C=O) groups is 1. The van der Waals surface area contributed by atoms with Gasteiger partial charge < -0.3 is 9.84 Å². The first-order valence-corrected chi connectivity index (χ1v) is 10.9. The van der Waals surface area contributed by atoms with Gasteiger partial charge in [-0.1, -0.05) is 6.07 Å². The Morgan fingerprint density at radius 1 is 1.21 bits per heavy atom. The van der Waals surface area contributed by atoms with Gasteiger partial charge in [-0.05, 0) is 36.2 Å². The van der Waals surface area contributed by atoms with Crippen molar-refractivity contribution in [2.24, 2.45) is 0 Å². The molecule has 1 unspecified atom stereocenters. The molecular weight excluding hydrogens is 420 g/mol. The number of nitrogens with zero attached hydrogens (tertiary/aromatic N) is 6. The molecule has 1 aromatic carbocycles. The molecule has 0 aliphatic carbocycles. The molecule has 3 aromatic heterocycles. The number of aromatic nitrogens is 5. The first-order valence-electron chi connectivity index (χ1n) is 10.9. The molecular formula is C24H22N6O3. The van der Waals surface area contributed by atoms with Gasteiger partial charge in [0.15, 0.2) is 5.65 Å². The number of hydrogen-bond donors (Lipinski definition) is 1. The van der Waals surface area contributed by atoms with Gasteiger partial charge in [0.05, 0.1) is 22.9 Å². The van der Waals surface area contributed by atoms with Gasteiger partial charge in [-0.2, -0.15) is 0 Å². The molecule has 1 atom stereocenters. The molecule has 0 saturated carbocycles. The highest BCUT2D eigenvalue weighted by molar-refractivity contribution is 5.94. The Balaban J connectivity index is 1.20. The number of aliphatic hydroxyl groups excluding tert-OH is 1. The molecule has 0 bridgehead atoms. The minimum atomic E-state index is -0.655. The normalized spacial score (nSPS) is 16.5. The van der Waals surface area contributed by atoms with Crippen LogP contribution < -0.4 is 0 Å². The van der Waals surface area contributed by atoms with Gasteiger partial charge in [0.25, 0.3) is 0 Å². The second-order valence-corrected chi connectivity index (χ2v) is 8.49. The average molecular weight is 442 g/mol. The highest BCUT2D eigenvalue weighted by atomic mass is 16.5. The summed E-state index contributed by atoms with van der Waals surface area (Å²) in [7, 11) is 0. The Labute approximate surface area is 189 Å². The highest BCUT2D eigenvalue weighted by Gasteiger charge is 2.27. The number of ether oxygens (including phenoxy) is 1. The van der Waals surface area contributed by atoms with Crippen LogP contribution in [0, 0.1) is 6.92 Å². The largest absolute Gasteiger partial charge is 0.457 e. The summed E-state index contributed by atoms with van der Waals surface area (Å²) in [5.41, 5.74) is 6.86. The van der Waals surface area contributed by atoms with Crippen molar-refractivity contribution in [3.63, 3.8) is 0 Å². The Hall–Kier alpha value is -3.69. The third-order valence-corrected chi connectivity index (χ3v) is 6.53. The van der Waals surface area contributed by atoms with Crippen LogP contribution in [0.3, 0.4) is 0 Å². The van der Waals surface area contributed by atoms with Gasteiger partial charge in [-0.15, -0.1) is 0 Å². The predicted molar refractivity (Wildman–Crippen MR) is 119 cm³/mol. The van der Waals surface area contributed by atoms with Crippen LogP contribution >= 0.6 is 0 Å². The third kappa shape index (κ3) is 3.37. The van der Waals surface area contributed by atoms with E-state index < -0.39 is 6.10 Å². The molecule has 4 aromatic rings. The number of imidazole rings is 1. The zero-order valence-corrected chi connectivity index (χ0v) is 18.1. The first kappa shape index (κ1) is 20.0. The fourth-order valence-electron chi connectivity index (χ4n) is 4.72. The van der Waals surface area contributed by atoms with Crippen molar-refractivity contribution in [1.82, 2.24) is 29.4 Å². The number of fused-ring (bicyclic) bond motifs is 3. The van der Waals surface area contributed by atoms with Crippen LogP contribution in [-0.4, -0.2) is 53.6 Å². The van der Waals surface area contributed by atoms with E-state index in [1.165, 1.54) is 0 Å². The number of benzene rings is 1. The maximum Gasteiger partial charge on any atom is 0.338 e. The van der Waals surface area contributed by atoms with E-state index >= 15 is 0 Å². The lowest BCUT2D eigenvalue weighted by Crippen LogP contribution is -2.35. The average Bonchev–Trinajstić information content (AvgIpc) is 3.43. The summed E-state index contributed by atoms with van der Waals surface area (Å²) >= 11 is 0. The first-order chi connectivity index (χ1) is 16.1. The van der Waals surface area contributed by atoms with Crippen molar-refractivity contribution in [3.05, 3.63) is 76.5 Å². The molecule has 166 valence electrons. The molecule has 0 spiro atoms. The van der Waals surface area contributed by atoms with Gasteiger partial charge >= 0.3 is 5.97 Å². The van der Waals surface area contributed by atoms with Gasteiger partial charge in [0.1, 0.15) is 12.9 Å². The lowest BCUT2D eigenvalue weighted by atomic mass is 9.95. The number of β-amino-alcohol motifs (C(OH)–C–C–N with tert-alkyl or cyclic N) is 1. The Bertz CT molecular complexity index is 1400. The van der Waals surface area contributed by atoms with Crippen molar-refractivity contribution in [2.75, 3.05) is 13.1 Å². The van der Waals surface area contributed by atoms with E-state index in [0.717, 1.165) is 46.4 Å². The van der Waals surface area contributed by atoms with Gasteiger partial charge in [0, 0.05) is 49.6 Å². The van der Waals surface area contributed by atoms with Crippen molar-refractivity contribution in [1.29, 1.82) is 0 Å². The summed E-state index contributed by atoms with van der Waals surface area (Å²) in [6.07, 6.45) is 5.39. The fraction of sp³-hybridized carbons (Fsp3) is 0.292. The van der Waals surface area contributed by atoms with E-state index in [9.17, 15) is 9.90 Å². The molecule has 0 fully saturated rings. The van der Waals surface area contributed by atoms with Crippen LogP contribution in [0.15, 0.2) is 43.0 Å². The van der Waals surface area contributed by atoms with E-state index in [-0.39, 0.29) is 12.6 Å². The van der Waals surface area contributed by atoms with Crippen molar-refractivity contribution < 1.29 is 14.6 Å². The summed E-state index contributed by atoms with van der Waals surface area (Å²) in [5.74, 6) is 0.296. The molecule has 2 aliphatic heterocycles. The number of carbonyl (C=O) groups excluding carboxylic acids is 1. The Kier molecular flexibility index (Phi) is 4.67. The van der Waals surface area contributed by atoms with Crippen LogP contribution in [0.1, 0.15) is 44.4 Å². The van der Waals surface area contributed by atoms with E-state index in [4.69, 9.17) is 9.72 Å². The summed E-state index contributed by atoms with van der Waals surface area (Å²) in [4.78, 5) is 31.9. The second kappa shape index (κ2) is 7.72. The van der Waals surface area contributed by atoms with Crippen LogP contribution in [0.2, 0.25) is 0 Å². The number of hydrogen-bond acceptors (Lipinski definition) is 8. The van der Waals surface area contributed by atoms with Crippen LogP contribution in [0.5, 0.6) is 0 Å². The molecule has 1 N–H and O–H groups in total. The molecule has 0 radical (unpaired) electrons. The topological polar surface area (TPSA) is 106 Å². The van der Waals surface area contributed by atoms with E-state index in [1.807, 2.05) is 35.9 Å². The zero-order chi connectivity index (χ0) is 22.5. The van der Waals surface area contributed by atoms with Crippen LogP contribution in [-0.2, 0) is 24.3 Å². The predicted octanol–water partition coefficient (Wildman–Crippen LogP) is 2.28. The SMILES string of the molecule is Cc1c(C(O)CN2CCc3nc(-n4cnc5ncccc54)ncc3C2)ccc2c1COC2=O. The number of pyridine rings is 1. The number of esters is 1. The van der Waals surface area contributed by atoms with Crippen molar-refractivity contribution in [2.45, 2.75) is 32.6 Å².